The number of hydrogen-bond donors (Lipinski definition) is 2. The molecule has 1 saturated heterocycles. The molecule has 122 valence electrons. The number of ether oxygens (including phenoxy) is 1. The molecule has 1 amide bonds. The first-order chi connectivity index (χ1) is 10.7. The number of amides is 1. The number of rotatable bonds is 7. The second kappa shape index (κ2) is 8.76. The highest BCUT2D eigenvalue weighted by atomic mass is 16.5. The van der Waals surface area contributed by atoms with Gasteiger partial charge >= 0.3 is 0 Å². The molecular formula is C17H27N3O2. The summed E-state index contributed by atoms with van der Waals surface area (Å²) in [6, 6.07) is 6.08. The summed E-state index contributed by atoms with van der Waals surface area (Å²) < 4.78 is 5.68. The van der Waals surface area contributed by atoms with Crippen molar-refractivity contribution in [2.24, 2.45) is 0 Å². The summed E-state index contributed by atoms with van der Waals surface area (Å²) in [5.41, 5.74) is 2.01. The smallest absolute Gasteiger partial charge is 0.224 e. The number of benzene rings is 1. The van der Waals surface area contributed by atoms with Crippen LogP contribution in [0.25, 0.3) is 0 Å². The Labute approximate surface area is 133 Å². The molecule has 0 atom stereocenters. The number of anilines is 1. The van der Waals surface area contributed by atoms with Crippen LogP contribution in [-0.2, 0) is 11.2 Å². The molecule has 22 heavy (non-hydrogen) atoms. The highest BCUT2D eigenvalue weighted by molar-refractivity contribution is 5.92. The lowest BCUT2D eigenvalue weighted by atomic mass is 10.1. The molecule has 2 N–H and O–H groups in total. The number of carbonyl (C=O) groups is 1. The van der Waals surface area contributed by atoms with E-state index in [1.807, 2.05) is 19.9 Å². The minimum absolute atomic E-state index is 0.00881. The van der Waals surface area contributed by atoms with Crippen molar-refractivity contribution in [2.75, 3.05) is 44.6 Å². The van der Waals surface area contributed by atoms with Gasteiger partial charge in [-0.05, 0) is 31.0 Å². The minimum atomic E-state index is 0.00881. The van der Waals surface area contributed by atoms with E-state index in [-0.39, 0.29) is 5.91 Å². The molecule has 0 aliphatic carbocycles. The maximum Gasteiger partial charge on any atom is 0.224 e. The third-order valence-electron chi connectivity index (χ3n) is 3.87. The SMILES string of the molecule is CCOc1cc(CCN2CCNCC2)ccc1NC(=O)CC. The van der Waals surface area contributed by atoms with Crippen molar-refractivity contribution in [3.8, 4) is 5.75 Å². The molecule has 0 radical (unpaired) electrons. The monoisotopic (exact) mass is 305 g/mol. The lowest BCUT2D eigenvalue weighted by molar-refractivity contribution is -0.115. The Bertz CT molecular complexity index is 485. The molecule has 0 saturated carbocycles. The number of piperazine rings is 1. The van der Waals surface area contributed by atoms with Gasteiger partial charge in [-0.25, -0.2) is 0 Å². The fourth-order valence-electron chi connectivity index (χ4n) is 2.56. The summed E-state index contributed by atoms with van der Waals surface area (Å²) in [7, 11) is 0. The lowest BCUT2D eigenvalue weighted by Crippen LogP contribution is -2.44. The van der Waals surface area contributed by atoms with Crippen molar-refractivity contribution < 1.29 is 9.53 Å². The number of nitrogens with zero attached hydrogens (tertiary/aromatic N) is 1. The predicted octanol–water partition coefficient (Wildman–Crippen LogP) is 1.88. The fourth-order valence-corrected chi connectivity index (χ4v) is 2.56. The first-order valence-electron chi connectivity index (χ1n) is 8.21. The van der Waals surface area contributed by atoms with Crippen LogP contribution in [0.2, 0.25) is 0 Å². The first kappa shape index (κ1) is 16.8. The van der Waals surface area contributed by atoms with E-state index in [1.165, 1.54) is 5.56 Å². The van der Waals surface area contributed by atoms with Crippen LogP contribution >= 0.6 is 0 Å². The maximum absolute atomic E-state index is 11.6. The van der Waals surface area contributed by atoms with E-state index in [0.29, 0.717) is 13.0 Å². The highest BCUT2D eigenvalue weighted by Crippen LogP contribution is 2.26. The molecule has 1 heterocycles. The van der Waals surface area contributed by atoms with Crippen molar-refractivity contribution >= 4 is 11.6 Å². The summed E-state index contributed by atoms with van der Waals surface area (Å²) in [5, 5.41) is 6.26. The van der Waals surface area contributed by atoms with Crippen LogP contribution in [0, 0.1) is 0 Å². The average Bonchev–Trinajstić information content (AvgIpc) is 2.56. The summed E-state index contributed by atoms with van der Waals surface area (Å²) in [6.45, 7) is 9.84. The van der Waals surface area contributed by atoms with Crippen molar-refractivity contribution in [3.05, 3.63) is 23.8 Å². The molecule has 5 heteroatoms. The molecular weight excluding hydrogens is 278 g/mol. The maximum atomic E-state index is 11.6. The molecule has 1 aliphatic rings. The number of hydrogen-bond acceptors (Lipinski definition) is 4. The van der Waals surface area contributed by atoms with Gasteiger partial charge in [0.1, 0.15) is 5.75 Å². The van der Waals surface area contributed by atoms with E-state index < -0.39 is 0 Å². The summed E-state index contributed by atoms with van der Waals surface area (Å²) in [6.07, 6.45) is 1.47. The molecule has 0 unspecified atom stereocenters. The molecule has 0 aromatic heterocycles. The summed E-state index contributed by atoms with van der Waals surface area (Å²) in [5.74, 6) is 0.775. The van der Waals surface area contributed by atoms with E-state index in [9.17, 15) is 4.79 Å². The van der Waals surface area contributed by atoms with Crippen LogP contribution in [0.5, 0.6) is 5.75 Å². The van der Waals surface area contributed by atoms with Crippen molar-refractivity contribution in [1.82, 2.24) is 10.2 Å². The van der Waals surface area contributed by atoms with Crippen LogP contribution in [0.3, 0.4) is 0 Å². The number of nitrogens with one attached hydrogen (secondary N) is 2. The Balaban J connectivity index is 1.99. The van der Waals surface area contributed by atoms with Gasteiger partial charge in [-0.1, -0.05) is 13.0 Å². The van der Waals surface area contributed by atoms with Crippen LogP contribution in [-0.4, -0.2) is 50.1 Å². The van der Waals surface area contributed by atoms with Gasteiger partial charge in [0.05, 0.1) is 12.3 Å². The molecule has 0 bridgehead atoms. The van der Waals surface area contributed by atoms with Gasteiger partial charge < -0.3 is 20.3 Å². The Morgan fingerprint density at radius 2 is 2.09 bits per heavy atom. The molecule has 1 aromatic rings. The zero-order chi connectivity index (χ0) is 15.8. The van der Waals surface area contributed by atoms with Crippen molar-refractivity contribution in [2.45, 2.75) is 26.7 Å². The second-order valence-corrected chi connectivity index (χ2v) is 5.51. The van der Waals surface area contributed by atoms with Crippen molar-refractivity contribution in [1.29, 1.82) is 0 Å². The van der Waals surface area contributed by atoms with E-state index >= 15 is 0 Å². The molecule has 0 spiro atoms. The second-order valence-electron chi connectivity index (χ2n) is 5.51. The molecule has 1 aromatic carbocycles. The van der Waals surface area contributed by atoms with Gasteiger partial charge in [0, 0.05) is 39.1 Å². The highest BCUT2D eigenvalue weighted by Gasteiger charge is 2.11. The van der Waals surface area contributed by atoms with Crippen LogP contribution in [0.15, 0.2) is 18.2 Å². The largest absolute Gasteiger partial charge is 0.492 e. The third kappa shape index (κ3) is 5.00. The van der Waals surface area contributed by atoms with Gasteiger partial charge in [0.2, 0.25) is 5.91 Å². The Morgan fingerprint density at radius 3 is 2.77 bits per heavy atom. The van der Waals surface area contributed by atoms with Gasteiger partial charge in [0.25, 0.3) is 0 Å². The lowest BCUT2D eigenvalue weighted by Gasteiger charge is -2.27. The molecule has 2 rings (SSSR count). The van der Waals surface area contributed by atoms with Crippen LogP contribution in [0.1, 0.15) is 25.8 Å². The van der Waals surface area contributed by atoms with Gasteiger partial charge in [-0.15, -0.1) is 0 Å². The van der Waals surface area contributed by atoms with Crippen LogP contribution in [0.4, 0.5) is 5.69 Å². The van der Waals surface area contributed by atoms with E-state index in [0.717, 1.165) is 50.6 Å². The zero-order valence-electron chi connectivity index (χ0n) is 13.7. The Hall–Kier alpha value is -1.59. The quantitative estimate of drug-likeness (QED) is 0.807. The van der Waals surface area contributed by atoms with Gasteiger partial charge in [0.15, 0.2) is 0 Å². The standard InChI is InChI=1S/C17H27N3O2/c1-3-17(21)19-15-6-5-14(13-16(15)22-4-2)7-10-20-11-8-18-9-12-20/h5-6,13,18H,3-4,7-12H2,1-2H3,(H,19,21). The average molecular weight is 305 g/mol. The predicted molar refractivity (Wildman–Crippen MR) is 89.5 cm³/mol. The third-order valence-corrected chi connectivity index (χ3v) is 3.87. The van der Waals surface area contributed by atoms with E-state index in [1.54, 1.807) is 0 Å². The fraction of sp³-hybridized carbons (Fsp3) is 0.588. The summed E-state index contributed by atoms with van der Waals surface area (Å²) >= 11 is 0. The zero-order valence-corrected chi connectivity index (χ0v) is 13.7. The molecule has 1 fully saturated rings. The Kier molecular flexibility index (Phi) is 6.68. The van der Waals surface area contributed by atoms with E-state index in [4.69, 9.17) is 4.74 Å². The van der Waals surface area contributed by atoms with Gasteiger partial charge in [-0.2, -0.15) is 0 Å². The molecule has 5 nitrogen and oxygen atoms in total. The summed E-state index contributed by atoms with van der Waals surface area (Å²) in [4.78, 5) is 14.1. The minimum Gasteiger partial charge on any atom is -0.492 e. The Morgan fingerprint density at radius 1 is 1.32 bits per heavy atom. The van der Waals surface area contributed by atoms with Gasteiger partial charge in [-0.3, -0.25) is 4.79 Å². The topological polar surface area (TPSA) is 53.6 Å². The van der Waals surface area contributed by atoms with E-state index in [2.05, 4.69) is 27.7 Å². The normalized spacial score (nSPS) is 15.5. The van der Waals surface area contributed by atoms with Crippen molar-refractivity contribution in [3.63, 3.8) is 0 Å². The molecule has 1 aliphatic heterocycles. The van der Waals surface area contributed by atoms with Crippen LogP contribution < -0.4 is 15.4 Å². The number of carbonyl (C=O) groups excluding carboxylic acids is 1. The first-order valence-corrected chi connectivity index (χ1v) is 8.21.